The van der Waals surface area contributed by atoms with E-state index in [9.17, 15) is 4.79 Å². The maximum Gasteiger partial charge on any atom is 0.215 e. The van der Waals surface area contributed by atoms with E-state index in [1.807, 2.05) is 31.2 Å². The minimum Gasteiger partial charge on any atom is -0.481 e. The second-order valence-corrected chi connectivity index (χ2v) is 3.79. The Hall–Kier alpha value is -2.16. The van der Waals surface area contributed by atoms with Crippen LogP contribution < -0.4 is 4.74 Å². The number of hydrogen-bond acceptors (Lipinski definition) is 3. The van der Waals surface area contributed by atoms with E-state index in [1.165, 1.54) is 0 Å². The molecule has 0 unspecified atom stereocenters. The summed E-state index contributed by atoms with van der Waals surface area (Å²) in [6.07, 6.45) is 2.59. The highest BCUT2D eigenvalue weighted by Gasteiger charge is 2.04. The third kappa shape index (κ3) is 2.33. The summed E-state index contributed by atoms with van der Waals surface area (Å²) in [4.78, 5) is 14.9. The Morgan fingerprint density at radius 3 is 2.71 bits per heavy atom. The van der Waals surface area contributed by atoms with Gasteiger partial charge in [0.1, 0.15) is 6.29 Å². The molecule has 3 heteroatoms. The van der Waals surface area contributed by atoms with Crippen molar-refractivity contribution in [2.24, 2.45) is 0 Å². The SMILES string of the molecule is COc1ncc(-c2cccc(C=O)c2)cc1C. The van der Waals surface area contributed by atoms with Crippen LogP contribution in [0.15, 0.2) is 36.5 Å². The van der Waals surface area contributed by atoms with E-state index < -0.39 is 0 Å². The summed E-state index contributed by atoms with van der Waals surface area (Å²) in [5.74, 6) is 0.625. The fourth-order valence-electron chi connectivity index (χ4n) is 1.73. The molecule has 1 aromatic heterocycles. The van der Waals surface area contributed by atoms with Gasteiger partial charge in [0, 0.05) is 22.9 Å². The minimum atomic E-state index is 0.625. The van der Waals surface area contributed by atoms with Crippen LogP contribution in [-0.2, 0) is 0 Å². The predicted molar refractivity (Wildman–Crippen MR) is 66.3 cm³/mol. The summed E-state index contributed by atoms with van der Waals surface area (Å²) in [7, 11) is 1.60. The molecule has 0 aliphatic rings. The van der Waals surface area contributed by atoms with Crippen molar-refractivity contribution in [3.63, 3.8) is 0 Å². The Labute approximate surface area is 100 Å². The highest BCUT2D eigenvalue weighted by atomic mass is 16.5. The van der Waals surface area contributed by atoms with Crippen LogP contribution in [0.4, 0.5) is 0 Å². The molecule has 0 radical (unpaired) electrons. The molecule has 0 spiro atoms. The standard InChI is InChI=1S/C14H13NO2/c1-10-6-13(8-15-14(10)17-2)12-5-3-4-11(7-12)9-16/h3-9H,1-2H3. The first-order chi connectivity index (χ1) is 8.24. The number of aromatic nitrogens is 1. The first-order valence-corrected chi connectivity index (χ1v) is 5.31. The molecule has 1 heterocycles. The second-order valence-electron chi connectivity index (χ2n) is 3.79. The summed E-state index contributed by atoms with van der Waals surface area (Å²) >= 11 is 0. The highest BCUT2D eigenvalue weighted by molar-refractivity contribution is 5.78. The van der Waals surface area contributed by atoms with Gasteiger partial charge in [-0.25, -0.2) is 4.98 Å². The van der Waals surface area contributed by atoms with Gasteiger partial charge in [0.15, 0.2) is 0 Å². The summed E-state index contributed by atoms with van der Waals surface area (Å²) in [6.45, 7) is 1.94. The van der Waals surface area contributed by atoms with Gasteiger partial charge in [0.25, 0.3) is 0 Å². The van der Waals surface area contributed by atoms with E-state index in [2.05, 4.69) is 4.98 Å². The molecular weight excluding hydrogens is 214 g/mol. The zero-order valence-electron chi connectivity index (χ0n) is 9.81. The van der Waals surface area contributed by atoms with Crippen LogP contribution in [0.3, 0.4) is 0 Å². The number of aryl methyl sites for hydroxylation is 1. The number of carbonyl (C=O) groups excluding carboxylic acids is 1. The molecule has 0 aliphatic heterocycles. The van der Waals surface area contributed by atoms with Gasteiger partial charge in [-0.2, -0.15) is 0 Å². The van der Waals surface area contributed by atoms with Crippen molar-refractivity contribution in [2.45, 2.75) is 6.92 Å². The van der Waals surface area contributed by atoms with Gasteiger partial charge < -0.3 is 4.74 Å². The Balaban J connectivity index is 2.45. The molecule has 0 aliphatic carbocycles. The molecule has 17 heavy (non-hydrogen) atoms. The lowest BCUT2D eigenvalue weighted by atomic mass is 10.0. The quantitative estimate of drug-likeness (QED) is 0.757. The largest absolute Gasteiger partial charge is 0.481 e. The smallest absolute Gasteiger partial charge is 0.215 e. The van der Waals surface area contributed by atoms with E-state index in [0.717, 1.165) is 23.0 Å². The van der Waals surface area contributed by atoms with Crippen molar-refractivity contribution in [3.8, 4) is 17.0 Å². The maximum absolute atomic E-state index is 10.7. The van der Waals surface area contributed by atoms with Gasteiger partial charge in [-0.3, -0.25) is 4.79 Å². The van der Waals surface area contributed by atoms with Gasteiger partial charge in [0.2, 0.25) is 5.88 Å². The molecule has 0 bridgehead atoms. The summed E-state index contributed by atoms with van der Waals surface area (Å²) in [6, 6.07) is 9.43. The number of aldehydes is 1. The van der Waals surface area contributed by atoms with Crippen molar-refractivity contribution in [3.05, 3.63) is 47.7 Å². The average molecular weight is 227 g/mol. The van der Waals surface area contributed by atoms with E-state index in [-0.39, 0.29) is 0 Å². The van der Waals surface area contributed by atoms with E-state index in [4.69, 9.17) is 4.74 Å². The molecule has 2 aromatic rings. The number of methoxy groups -OCH3 is 1. The Bertz CT molecular complexity index is 550. The first-order valence-electron chi connectivity index (χ1n) is 5.31. The molecular formula is C14H13NO2. The number of carbonyl (C=O) groups is 1. The Morgan fingerprint density at radius 2 is 2.06 bits per heavy atom. The lowest BCUT2D eigenvalue weighted by Gasteiger charge is -2.06. The third-order valence-corrected chi connectivity index (χ3v) is 2.58. The van der Waals surface area contributed by atoms with Crippen molar-refractivity contribution in [1.29, 1.82) is 0 Å². The summed E-state index contributed by atoms with van der Waals surface area (Å²) in [5.41, 5.74) is 3.59. The van der Waals surface area contributed by atoms with Crippen LogP contribution in [0.25, 0.3) is 11.1 Å². The first kappa shape index (κ1) is 11.3. The highest BCUT2D eigenvalue weighted by Crippen LogP contribution is 2.23. The van der Waals surface area contributed by atoms with Crippen molar-refractivity contribution < 1.29 is 9.53 Å². The molecule has 2 rings (SSSR count). The maximum atomic E-state index is 10.7. The zero-order valence-corrected chi connectivity index (χ0v) is 9.81. The number of rotatable bonds is 3. The summed E-state index contributed by atoms with van der Waals surface area (Å²) in [5, 5.41) is 0. The molecule has 1 aromatic carbocycles. The fourth-order valence-corrected chi connectivity index (χ4v) is 1.73. The molecule has 86 valence electrons. The summed E-state index contributed by atoms with van der Waals surface area (Å²) < 4.78 is 5.11. The predicted octanol–water partition coefficient (Wildman–Crippen LogP) is 2.88. The van der Waals surface area contributed by atoms with Gasteiger partial charge in [0.05, 0.1) is 7.11 Å². The van der Waals surface area contributed by atoms with Gasteiger partial charge in [-0.1, -0.05) is 18.2 Å². The van der Waals surface area contributed by atoms with Crippen molar-refractivity contribution in [1.82, 2.24) is 4.98 Å². The van der Waals surface area contributed by atoms with Crippen LogP contribution in [0.2, 0.25) is 0 Å². The molecule has 0 fully saturated rings. The van der Waals surface area contributed by atoms with E-state index >= 15 is 0 Å². The van der Waals surface area contributed by atoms with Crippen LogP contribution in [-0.4, -0.2) is 18.4 Å². The number of pyridine rings is 1. The van der Waals surface area contributed by atoms with Crippen LogP contribution in [0, 0.1) is 6.92 Å². The topological polar surface area (TPSA) is 39.2 Å². The van der Waals surface area contributed by atoms with Crippen LogP contribution >= 0.6 is 0 Å². The van der Waals surface area contributed by atoms with Crippen LogP contribution in [0.1, 0.15) is 15.9 Å². The average Bonchev–Trinajstić information content (AvgIpc) is 2.38. The van der Waals surface area contributed by atoms with Crippen molar-refractivity contribution in [2.75, 3.05) is 7.11 Å². The minimum absolute atomic E-state index is 0.625. The van der Waals surface area contributed by atoms with Gasteiger partial charge in [-0.05, 0) is 24.6 Å². The molecule has 0 saturated carbocycles. The monoisotopic (exact) mass is 227 g/mol. The number of benzene rings is 1. The molecule has 3 nitrogen and oxygen atoms in total. The van der Waals surface area contributed by atoms with Gasteiger partial charge >= 0.3 is 0 Å². The number of nitrogens with zero attached hydrogens (tertiary/aromatic N) is 1. The van der Waals surface area contributed by atoms with E-state index in [1.54, 1.807) is 19.4 Å². The Kier molecular flexibility index (Phi) is 3.19. The molecule has 0 atom stereocenters. The zero-order chi connectivity index (χ0) is 12.3. The third-order valence-electron chi connectivity index (χ3n) is 2.58. The van der Waals surface area contributed by atoms with Crippen LogP contribution in [0.5, 0.6) is 5.88 Å². The second kappa shape index (κ2) is 4.78. The number of ether oxygens (including phenoxy) is 1. The van der Waals surface area contributed by atoms with E-state index in [0.29, 0.717) is 11.4 Å². The fraction of sp³-hybridized carbons (Fsp3) is 0.143. The normalized spacial score (nSPS) is 10.0. The molecule has 0 N–H and O–H groups in total. The lowest BCUT2D eigenvalue weighted by Crippen LogP contribution is -1.92. The lowest BCUT2D eigenvalue weighted by molar-refractivity contribution is 0.112. The number of hydrogen-bond donors (Lipinski definition) is 0. The van der Waals surface area contributed by atoms with Gasteiger partial charge in [-0.15, -0.1) is 0 Å². The molecule has 0 saturated heterocycles. The Morgan fingerprint density at radius 1 is 1.24 bits per heavy atom. The van der Waals surface area contributed by atoms with Crippen molar-refractivity contribution >= 4 is 6.29 Å². The molecule has 0 amide bonds.